The second-order valence-electron chi connectivity index (χ2n) is 4.77. The lowest BCUT2D eigenvalue weighted by Gasteiger charge is -2.08. The molecule has 0 aliphatic rings. The number of H-pyrrole nitrogens is 1. The molecule has 0 saturated carbocycles. The number of rotatable bonds is 4. The van der Waals surface area contributed by atoms with Gasteiger partial charge in [-0.1, -0.05) is 12.1 Å². The van der Waals surface area contributed by atoms with Gasteiger partial charge in [-0.2, -0.15) is 0 Å². The van der Waals surface area contributed by atoms with E-state index < -0.39 is 10.0 Å². The number of sulfonamides is 1. The molecule has 4 nitrogen and oxygen atoms in total. The van der Waals surface area contributed by atoms with Gasteiger partial charge in [-0.25, -0.2) is 12.8 Å². The average Bonchev–Trinajstić information content (AvgIpc) is 2.88. The summed E-state index contributed by atoms with van der Waals surface area (Å²) in [4.78, 5) is 3.04. The Morgan fingerprint density at radius 2 is 1.81 bits per heavy atom. The van der Waals surface area contributed by atoms with E-state index in [1.807, 2.05) is 12.1 Å². The van der Waals surface area contributed by atoms with Gasteiger partial charge in [0.2, 0.25) is 10.0 Å². The van der Waals surface area contributed by atoms with Crippen molar-refractivity contribution in [3.8, 4) is 0 Å². The molecular formula is C15H13FN2O2S. The van der Waals surface area contributed by atoms with Crippen LogP contribution in [0.15, 0.2) is 54.7 Å². The molecule has 0 aliphatic carbocycles. The first-order valence-corrected chi connectivity index (χ1v) is 7.99. The van der Waals surface area contributed by atoms with Crippen molar-refractivity contribution in [1.82, 2.24) is 4.98 Å². The zero-order valence-electron chi connectivity index (χ0n) is 11.0. The number of hydrogen-bond acceptors (Lipinski definition) is 2. The SMILES string of the molecule is O=S(=O)(Cc1ccc(F)cc1)Nc1ccc2[nH]ccc2c1. The number of benzene rings is 2. The highest BCUT2D eigenvalue weighted by molar-refractivity contribution is 7.91. The molecule has 108 valence electrons. The van der Waals surface area contributed by atoms with E-state index in [-0.39, 0.29) is 11.6 Å². The van der Waals surface area contributed by atoms with E-state index >= 15 is 0 Å². The molecule has 0 spiro atoms. The highest BCUT2D eigenvalue weighted by atomic mass is 32.2. The maximum Gasteiger partial charge on any atom is 0.236 e. The fourth-order valence-electron chi connectivity index (χ4n) is 2.13. The third-order valence-corrected chi connectivity index (χ3v) is 4.36. The summed E-state index contributed by atoms with van der Waals surface area (Å²) in [5.41, 5.74) is 1.98. The van der Waals surface area contributed by atoms with Gasteiger partial charge in [0.1, 0.15) is 5.82 Å². The van der Waals surface area contributed by atoms with Gasteiger partial charge in [-0.15, -0.1) is 0 Å². The lowest BCUT2D eigenvalue weighted by Crippen LogP contribution is -2.15. The Bertz CT molecular complexity index is 870. The zero-order chi connectivity index (χ0) is 14.9. The van der Waals surface area contributed by atoms with Crippen LogP contribution < -0.4 is 4.72 Å². The minimum absolute atomic E-state index is 0.196. The van der Waals surface area contributed by atoms with Crippen molar-refractivity contribution in [1.29, 1.82) is 0 Å². The Morgan fingerprint density at radius 3 is 2.57 bits per heavy atom. The van der Waals surface area contributed by atoms with Crippen molar-refractivity contribution in [3.63, 3.8) is 0 Å². The van der Waals surface area contributed by atoms with Gasteiger partial charge in [0, 0.05) is 22.8 Å². The molecule has 1 heterocycles. The molecule has 0 aliphatic heterocycles. The summed E-state index contributed by atoms with van der Waals surface area (Å²) < 4.78 is 39.6. The number of anilines is 1. The number of hydrogen-bond donors (Lipinski definition) is 2. The molecule has 0 bridgehead atoms. The van der Waals surface area contributed by atoms with Gasteiger partial charge < -0.3 is 4.98 Å². The van der Waals surface area contributed by atoms with Crippen LogP contribution in [0, 0.1) is 5.82 Å². The Hall–Kier alpha value is -2.34. The number of aromatic nitrogens is 1. The number of fused-ring (bicyclic) bond motifs is 1. The first-order valence-electron chi connectivity index (χ1n) is 6.34. The van der Waals surface area contributed by atoms with Gasteiger partial charge >= 0.3 is 0 Å². The zero-order valence-corrected chi connectivity index (χ0v) is 11.8. The Morgan fingerprint density at radius 1 is 1.05 bits per heavy atom. The van der Waals surface area contributed by atoms with Crippen molar-refractivity contribution in [3.05, 3.63) is 66.1 Å². The van der Waals surface area contributed by atoms with Gasteiger partial charge in [0.05, 0.1) is 5.75 Å². The highest BCUT2D eigenvalue weighted by Crippen LogP contribution is 2.19. The molecule has 3 rings (SSSR count). The molecule has 2 N–H and O–H groups in total. The van der Waals surface area contributed by atoms with Crippen LogP contribution in [0.3, 0.4) is 0 Å². The van der Waals surface area contributed by atoms with Crippen molar-refractivity contribution < 1.29 is 12.8 Å². The minimum atomic E-state index is -3.53. The lowest BCUT2D eigenvalue weighted by molar-refractivity contribution is 0.600. The van der Waals surface area contributed by atoms with E-state index in [9.17, 15) is 12.8 Å². The Labute approximate surface area is 121 Å². The summed E-state index contributed by atoms with van der Waals surface area (Å²) in [5.74, 6) is -0.583. The Kier molecular flexibility index (Phi) is 3.39. The topological polar surface area (TPSA) is 62.0 Å². The fourth-order valence-corrected chi connectivity index (χ4v) is 3.32. The van der Waals surface area contributed by atoms with E-state index in [0.717, 1.165) is 10.9 Å². The summed E-state index contributed by atoms with van der Waals surface area (Å²) in [6, 6.07) is 12.6. The van der Waals surface area contributed by atoms with Crippen LogP contribution in [0.5, 0.6) is 0 Å². The van der Waals surface area contributed by atoms with Crippen LogP contribution in [-0.4, -0.2) is 13.4 Å². The van der Waals surface area contributed by atoms with Crippen molar-refractivity contribution in [2.45, 2.75) is 5.75 Å². The molecule has 21 heavy (non-hydrogen) atoms. The summed E-state index contributed by atoms with van der Waals surface area (Å²) >= 11 is 0. The highest BCUT2D eigenvalue weighted by Gasteiger charge is 2.12. The van der Waals surface area contributed by atoms with Crippen molar-refractivity contribution in [2.24, 2.45) is 0 Å². The second kappa shape index (κ2) is 5.21. The molecule has 0 amide bonds. The van der Waals surface area contributed by atoms with E-state index in [0.29, 0.717) is 11.3 Å². The largest absolute Gasteiger partial charge is 0.361 e. The number of halogens is 1. The van der Waals surface area contributed by atoms with Crippen LogP contribution in [0.1, 0.15) is 5.56 Å². The van der Waals surface area contributed by atoms with E-state index in [2.05, 4.69) is 9.71 Å². The molecule has 6 heteroatoms. The van der Waals surface area contributed by atoms with Crippen molar-refractivity contribution in [2.75, 3.05) is 4.72 Å². The Balaban J connectivity index is 1.80. The standard InChI is InChI=1S/C15H13FN2O2S/c16-13-3-1-11(2-4-13)10-21(19,20)18-14-5-6-15-12(9-14)7-8-17-15/h1-9,17-18H,10H2. The molecule has 0 unspecified atom stereocenters. The normalized spacial score (nSPS) is 11.7. The summed E-state index contributed by atoms with van der Waals surface area (Å²) in [7, 11) is -3.53. The number of nitrogens with one attached hydrogen (secondary N) is 2. The number of aromatic amines is 1. The summed E-state index contributed by atoms with van der Waals surface area (Å²) in [5, 5.41) is 0.928. The van der Waals surface area contributed by atoms with Gasteiger partial charge in [-0.05, 0) is 42.0 Å². The fraction of sp³-hybridized carbons (Fsp3) is 0.0667. The van der Waals surface area contributed by atoms with Crippen LogP contribution in [0.25, 0.3) is 10.9 Å². The van der Waals surface area contributed by atoms with Crippen LogP contribution in [0.2, 0.25) is 0 Å². The van der Waals surface area contributed by atoms with E-state index in [1.165, 1.54) is 24.3 Å². The maximum absolute atomic E-state index is 12.8. The first-order chi connectivity index (χ1) is 10.0. The molecule has 0 fully saturated rings. The molecule has 0 saturated heterocycles. The van der Waals surface area contributed by atoms with Crippen LogP contribution in [0.4, 0.5) is 10.1 Å². The molecule has 0 radical (unpaired) electrons. The predicted molar refractivity (Wildman–Crippen MR) is 80.9 cm³/mol. The van der Waals surface area contributed by atoms with Crippen LogP contribution >= 0.6 is 0 Å². The van der Waals surface area contributed by atoms with Gasteiger partial charge in [-0.3, -0.25) is 4.72 Å². The monoisotopic (exact) mass is 304 g/mol. The molecule has 0 atom stereocenters. The predicted octanol–water partition coefficient (Wildman–Crippen LogP) is 3.25. The molecule has 1 aromatic heterocycles. The van der Waals surface area contributed by atoms with E-state index in [4.69, 9.17) is 0 Å². The van der Waals surface area contributed by atoms with Crippen molar-refractivity contribution >= 4 is 26.6 Å². The molecule has 3 aromatic rings. The molecular weight excluding hydrogens is 291 g/mol. The summed E-state index contributed by atoms with van der Waals surface area (Å²) in [6.07, 6.45) is 1.79. The van der Waals surface area contributed by atoms with Crippen LogP contribution in [-0.2, 0) is 15.8 Å². The quantitative estimate of drug-likeness (QED) is 0.777. The average molecular weight is 304 g/mol. The minimum Gasteiger partial charge on any atom is -0.361 e. The third kappa shape index (κ3) is 3.22. The third-order valence-electron chi connectivity index (χ3n) is 3.10. The first kappa shape index (κ1) is 13.6. The smallest absolute Gasteiger partial charge is 0.236 e. The molecule has 2 aromatic carbocycles. The lowest BCUT2D eigenvalue weighted by atomic mass is 10.2. The second-order valence-corrected chi connectivity index (χ2v) is 6.49. The summed E-state index contributed by atoms with van der Waals surface area (Å²) in [6.45, 7) is 0. The van der Waals surface area contributed by atoms with Gasteiger partial charge in [0.25, 0.3) is 0 Å². The maximum atomic E-state index is 12.8. The van der Waals surface area contributed by atoms with E-state index in [1.54, 1.807) is 18.3 Å². The van der Waals surface area contributed by atoms with Gasteiger partial charge in [0.15, 0.2) is 0 Å².